The number of methoxy groups -OCH3 is 1. The molecule has 1 aromatic rings. The van der Waals surface area contributed by atoms with Crippen molar-refractivity contribution in [2.24, 2.45) is 0 Å². The highest BCUT2D eigenvalue weighted by Gasteiger charge is 2.42. The summed E-state index contributed by atoms with van der Waals surface area (Å²) in [6.45, 7) is 1.91. The first kappa shape index (κ1) is 11.9. The molecule has 3 unspecified atom stereocenters. The van der Waals surface area contributed by atoms with E-state index in [0.717, 1.165) is 12.0 Å². The minimum atomic E-state index is -0.321. The lowest BCUT2D eigenvalue weighted by atomic mass is 9.91. The molecule has 0 amide bonds. The first-order valence-corrected chi connectivity index (χ1v) is 6.13. The van der Waals surface area contributed by atoms with Crippen LogP contribution in [0.1, 0.15) is 12.0 Å². The van der Waals surface area contributed by atoms with Crippen molar-refractivity contribution in [3.05, 3.63) is 29.6 Å². The first-order chi connectivity index (χ1) is 7.61. The SMILES string of the molecule is COC1C(Br)CC1Oc1cc(C)ccc1F. The molecule has 1 aliphatic carbocycles. The Balaban J connectivity index is 2.07. The highest BCUT2D eigenvalue weighted by molar-refractivity contribution is 9.09. The van der Waals surface area contributed by atoms with E-state index >= 15 is 0 Å². The van der Waals surface area contributed by atoms with Gasteiger partial charge >= 0.3 is 0 Å². The molecule has 1 fully saturated rings. The highest BCUT2D eigenvalue weighted by atomic mass is 79.9. The normalized spacial score (nSPS) is 28.6. The number of ether oxygens (including phenoxy) is 2. The minimum Gasteiger partial charge on any atom is -0.485 e. The van der Waals surface area contributed by atoms with Crippen LogP contribution in [0.4, 0.5) is 4.39 Å². The molecular weight excluding hydrogens is 275 g/mol. The summed E-state index contributed by atoms with van der Waals surface area (Å²) < 4.78 is 24.3. The second kappa shape index (κ2) is 4.72. The lowest BCUT2D eigenvalue weighted by Gasteiger charge is -2.40. The molecule has 0 aliphatic heterocycles. The molecule has 1 saturated carbocycles. The van der Waals surface area contributed by atoms with Crippen LogP contribution in [0.2, 0.25) is 0 Å². The van der Waals surface area contributed by atoms with Gasteiger partial charge in [0.1, 0.15) is 12.2 Å². The molecule has 0 saturated heterocycles. The van der Waals surface area contributed by atoms with Crippen LogP contribution < -0.4 is 4.74 Å². The van der Waals surface area contributed by atoms with Crippen molar-refractivity contribution in [1.82, 2.24) is 0 Å². The van der Waals surface area contributed by atoms with Crippen molar-refractivity contribution >= 4 is 15.9 Å². The Hall–Kier alpha value is -0.610. The van der Waals surface area contributed by atoms with Crippen LogP contribution >= 0.6 is 15.9 Å². The van der Waals surface area contributed by atoms with Gasteiger partial charge in [0.15, 0.2) is 11.6 Å². The van der Waals surface area contributed by atoms with Gasteiger partial charge < -0.3 is 9.47 Å². The molecule has 0 N–H and O–H groups in total. The second-order valence-corrected chi connectivity index (χ2v) is 5.22. The zero-order valence-electron chi connectivity index (χ0n) is 9.24. The maximum atomic E-state index is 13.4. The molecule has 16 heavy (non-hydrogen) atoms. The summed E-state index contributed by atoms with van der Waals surface area (Å²) in [6.07, 6.45) is 0.775. The van der Waals surface area contributed by atoms with E-state index in [1.54, 1.807) is 19.2 Å². The fourth-order valence-corrected chi connectivity index (χ4v) is 2.73. The van der Waals surface area contributed by atoms with Gasteiger partial charge in [-0.1, -0.05) is 22.0 Å². The average molecular weight is 289 g/mol. The Bertz CT molecular complexity index is 383. The summed E-state index contributed by atoms with van der Waals surface area (Å²) in [6, 6.07) is 4.87. The molecule has 1 aromatic carbocycles. The number of aryl methyl sites for hydroxylation is 1. The number of hydrogen-bond donors (Lipinski definition) is 0. The van der Waals surface area contributed by atoms with Crippen LogP contribution in [0, 0.1) is 12.7 Å². The molecule has 2 nitrogen and oxygen atoms in total. The van der Waals surface area contributed by atoms with Gasteiger partial charge in [0.05, 0.1) is 0 Å². The predicted molar refractivity (Wildman–Crippen MR) is 63.7 cm³/mol. The Morgan fingerprint density at radius 3 is 2.81 bits per heavy atom. The average Bonchev–Trinajstić information content (AvgIpc) is 2.23. The summed E-state index contributed by atoms with van der Waals surface area (Å²) in [5, 5.41) is 0. The zero-order chi connectivity index (χ0) is 11.7. The van der Waals surface area contributed by atoms with E-state index in [9.17, 15) is 4.39 Å². The summed E-state index contributed by atoms with van der Waals surface area (Å²) in [7, 11) is 1.64. The van der Waals surface area contributed by atoms with Crippen molar-refractivity contribution in [3.8, 4) is 5.75 Å². The third kappa shape index (κ3) is 2.23. The molecular formula is C12H14BrFO2. The fraction of sp³-hybridized carbons (Fsp3) is 0.500. The van der Waals surface area contributed by atoms with E-state index in [0.29, 0.717) is 10.6 Å². The van der Waals surface area contributed by atoms with E-state index in [2.05, 4.69) is 15.9 Å². The van der Waals surface area contributed by atoms with E-state index in [-0.39, 0.29) is 18.0 Å². The number of rotatable bonds is 3. The summed E-state index contributed by atoms with van der Waals surface area (Å²) in [5.74, 6) is -0.00933. The minimum absolute atomic E-state index is 0.0000813. The predicted octanol–water partition coefficient (Wildman–Crippen LogP) is 3.06. The van der Waals surface area contributed by atoms with Crippen LogP contribution in [0.3, 0.4) is 0 Å². The number of halogens is 2. The van der Waals surface area contributed by atoms with Crippen LogP contribution in [-0.4, -0.2) is 24.1 Å². The fourth-order valence-electron chi connectivity index (χ4n) is 1.81. The van der Waals surface area contributed by atoms with Gasteiger partial charge in [-0.2, -0.15) is 0 Å². The quantitative estimate of drug-likeness (QED) is 0.796. The van der Waals surface area contributed by atoms with Crippen LogP contribution in [0.5, 0.6) is 5.75 Å². The van der Waals surface area contributed by atoms with Crippen molar-refractivity contribution in [2.75, 3.05) is 7.11 Å². The van der Waals surface area contributed by atoms with Gasteiger partial charge in [0.25, 0.3) is 0 Å². The Morgan fingerprint density at radius 1 is 1.44 bits per heavy atom. The van der Waals surface area contributed by atoms with Crippen LogP contribution in [0.25, 0.3) is 0 Å². The molecule has 0 radical (unpaired) electrons. The van der Waals surface area contributed by atoms with Crippen LogP contribution in [-0.2, 0) is 4.74 Å². The monoisotopic (exact) mass is 288 g/mol. The molecule has 2 rings (SSSR count). The molecule has 88 valence electrons. The Labute approximate surface area is 103 Å². The van der Waals surface area contributed by atoms with E-state index in [1.807, 2.05) is 6.92 Å². The van der Waals surface area contributed by atoms with E-state index in [4.69, 9.17) is 9.47 Å². The molecule has 0 aromatic heterocycles. The summed E-state index contributed by atoms with van der Waals surface area (Å²) in [4.78, 5) is 0.301. The molecule has 0 bridgehead atoms. The van der Waals surface area contributed by atoms with Gasteiger partial charge in [0, 0.05) is 18.4 Å². The van der Waals surface area contributed by atoms with E-state index in [1.165, 1.54) is 6.07 Å². The summed E-state index contributed by atoms with van der Waals surface area (Å²) >= 11 is 3.47. The van der Waals surface area contributed by atoms with Gasteiger partial charge in [0.2, 0.25) is 0 Å². The standard InChI is InChI=1S/C12H14BrFO2/c1-7-3-4-9(14)10(5-7)16-11-6-8(13)12(11)15-2/h3-5,8,11-12H,6H2,1-2H3. The maximum Gasteiger partial charge on any atom is 0.165 e. The summed E-state index contributed by atoms with van der Waals surface area (Å²) in [5.41, 5.74) is 0.986. The van der Waals surface area contributed by atoms with Gasteiger partial charge in [-0.3, -0.25) is 0 Å². The Kier molecular flexibility index (Phi) is 3.50. The number of benzene rings is 1. The van der Waals surface area contributed by atoms with Crippen LogP contribution in [0.15, 0.2) is 18.2 Å². The first-order valence-electron chi connectivity index (χ1n) is 5.21. The van der Waals surface area contributed by atoms with Crippen molar-refractivity contribution in [1.29, 1.82) is 0 Å². The molecule has 0 heterocycles. The van der Waals surface area contributed by atoms with Crippen molar-refractivity contribution in [3.63, 3.8) is 0 Å². The lowest BCUT2D eigenvalue weighted by molar-refractivity contribution is -0.0558. The maximum absolute atomic E-state index is 13.4. The van der Waals surface area contributed by atoms with Gasteiger partial charge in [-0.15, -0.1) is 0 Å². The largest absolute Gasteiger partial charge is 0.485 e. The van der Waals surface area contributed by atoms with Gasteiger partial charge in [-0.05, 0) is 24.6 Å². The third-order valence-corrected chi connectivity index (χ3v) is 3.71. The Morgan fingerprint density at radius 2 is 2.19 bits per heavy atom. The third-order valence-electron chi connectivity index (χ3n) is 2.82. The molecule has 3 atom stereocenters. The van der Waals surface area contributed by atoms with Crippen molar-refractivity contribution in [2.45, 2.75) is 30.4 Å². The molecule has 4 heteroatoms. The lowest BCUT2D eigenvalue weighted by Crippen LogP contribution is -2.51. The molecule has 1 aliphatic rings. The number of hydrogen-bond acceptors (Lipinski definition) is 2. The smallest absolute Gasteiger partial charge is 0.165 e. The topological polar surface area (TPSA) is 18.5 Å². The molecule has 0 spiro atoms. The zero-order valence-corrected chi connectivity index (χ0v) is 10.8. The second-order valence-electron chi connectivity index (χ2n) is 4.04. The van der Waals surface area contributed by atoms with Gasteiger partial charge in [-0.25, -0.2) is 4.39 Å². The highest BCUT2D eigenvalue weighted by Crippen LogP contribution is 2.34. The van der Waals surface area contributed by atoms with Crippen molar-refractivity contribution < 1.29 is 13.9 Å². The van der Waals surface area contributed by atoms with E-state index < -0.39 is 0 Å². The number of alkyl halides is 1.